The highest BCUT2D eigenvalue weighted by Gasteiger charge is 2.66. The Kier molecular flexibility index (Phi) is 3.88. The van der Waals surface area contributed by atoms with E-state index >= 15 is 0 Å². The standard InChI is InChI=1S/C18H31NO2Si2/c1-14-9-8-10-15-16(14)19-13-17(20-22(2,3)4)11-12-18(15,17)21-23(5,6)7/h8-10,19H,11-13H2,1-7H3. The SMILES string of the molecule is Cc1cccc2c1NCC1(O[Si](C)(C)C)CCC21O[Si](C)(C)C. The number of para-hydroxylation sites is 1. The molecule has 2 aliphatic rings. The van der Waals surface area contributed by atoms with Gasteiger partial charge >= 0.3 is 0 Å². The number of anilines is 1. The fraction of sp³-hybridized carbons (Fsp3) is 0.667. The van der Waals surface area contributed by atoms with Crippen molar-refractivity contribution < 1.29 is 8.85 Å². The van der Waals surface area contributed by atoms with Crippen molar-refractivity contribution in [1.29, 1.82) is 0 Å². The second kappa shape index (κ2) is 5.18. The van der Waals surface area contributed by atoms with Crippen molar-refractivity contribution in [3.8, 4) is 0 Å². The molecule has 0 aromatic heterocycles. The Hall–Kier alpha value is -0.626. The van der Waals surface area contributed by atoms with Gasteiger partial charge in [-0.05, 0) is 64.6 Å². The maximum absolute atomic E-state index is 6.89. The number of hydrogen-bond acceptors (Lipinski definition) is 3. The Labute approximate surface area is 143 Å². The minimum absolute atomic E-state index is 0.196. The molecule has 1 aromatic carbocycles. The summed E-state index contributed by atoms with van der Waals surface area (Å²) in [6, 6.07) is 6.59. The number of fused-ring (bicyclic) bond motifs is 3. The summed E-state index contributed by atoms with van der Waals surface area (Å²) in [6.45, 7) is 16.8. The average molecular weight is 350 g/mol. The van der Waals surface area contributed by atoms with Crippen LogP contribution in [0.5, 0.6) is 0 Å². The maximum Gasteiger partial charge on any atom is 0.185 e. The maximum atomic E-state index is 6.89. The monoisotopic (exact) mass is 349 g/mol. The van der Waals surface area contributed by atoms with E-state index in [1.165, 1.54) is 16.8 Å². The second-order valence-corrected chi connectivity index (χ2v) is 18.0. The Morgan fingerprint density at radius 3 is 2.13 bits per heavy atom. The van der Waals surface area contributed by atoms with Crippen LogP contribution < -0.4 is 5.32 Å². The van der Waals surface area contributed by atoms with Gasteiger partial charge in [-0.2, -0.15) is 0 Å². The van der Waals surface area contributed by atoms with Crippen molar-refractivity contribution in [1.82, 2.24) is 0 Å². The summed E-state index contributed by atoms with van der Waals surface area (Å²) in [7, 11) is -3.38. The molecule has 1 aliphatic heterocycles. The summed E-state index contributed by atoms with van der Waals surface area (Å²) < 4.78 is 13.7. The molecule has 0 radical (unpaired) electrons. The van der Waals surface area contributed by atoms with Gasteiger partial charge in [0.1, 0.15) is 11.2 Å². The topological polar surface area (TPSA) is 30.5 Å². The number of rotatable bonds is 4. The van der Waals surface area contributed by atoms with E-state index in [1.54, 1.807) is 0 Å². The molecule has 3 rings (SSSR count). The van der Waals surface area contributed by atoms with E-state index in [9.17, 15) is 0 Å². The number of aryl methyl sites for hydroxylation is 1. The molecule has 2 unspecified atom stereocenters. The first kappa shape index (κ1) is 17.2. The van der Waals surface area contributed by atoms with Crippen molar-refractivity contribution in [2.24, 2.45) is 0 Å². The van der Waals surface area contributed by atoms with Crippen LogP contribution in [0.25, 0.3) is 0 Å². The summed E-state index contributed by atoms with van der Waals surface area (Å²) in [4.78, 5) is 0. The fourth-order valence-corrected chi connectivity index (χ4v) is 7.14. The zero-order chi connectivity index (χ0) is 17.1. The van der Waals surface area contributed by atoms with Crippen molar-refractivity contribution in [3.63, 3.8) is 0 Å². The van der Waals surface area contributed by atoms with Gasteiger partial charge < -0.3 is 14.2 Å². The molecule has 0 amide bonds. The molecule has 3 nitrogen and oxygen atoms in total. The molecule has 1 heterocycles. The molecule has 1 N–H and O–H groups in total. The van der Waals surface area contributed by atoms with Gasteiger partial charge in [-0.15, -0.1) is 0 Å². The molecule has 0 saturated heterocycles. The molecule has 2 atom stereocenters. The molecule has 128 valence electrons. The Bertz CT molecular complexity index is 620. The third-order valence-corrected chi connectivity index (χ3v) is 6.82. The van der Waals surface area contributed by atoms with E-state index in [4.69, 9.17) is 8.85 Å². The highest BCUT2D eigenvalue weighted by Crippen LogP contribution is 2.60. The smallest absolute Gasteiger partial charge is 0.185 e. The van der Waals surface area contributed by atoms with Crippen LogP contribution in [0.3, 0.4) is 0 Å². The zero-order valence-corrected chi connectivity index (χ0v) is 17.7. The first-order valence-corrected chi connectivity index (χ1v) is 15.5. The van der Waals surface area contributed by atoms with E-state index < -0.39 is 16.6 Å². The lowest BCUT2D eigenvalue weighted by Crippen LogP contribution is -2.72. The van der Waals surface area contributed by atoms with Gasteiger partial charge in [0.15, 0.2) is 16.6 Å². The minimum atomic E-state index is -1.71. The summed E-state index contributed by atoms with van der Waals surface area (Å²) in [5.41, 5.74) is 3.42. The molecular formula is C18H31NO2Si2. The van der Waals surface area contributed by atoms with Crippen LogP contribution in [-0.2, 0) is 14.5 Å². The van der Waals surface area contributed by atoms with Gasteiger partial charge in [-0.1, -0.05) is 18.2 Å². The van der Waals surface area contributed by atoms with Crippen LogP contribution in [0.2, 0.25) is 39.3 Å². The summed E-state index contributed by atoms with van der Waals surface area (Å²) in [5, 5.41) is 3.67. The number of benzene rings is 1. The Balaban J connectivity index is 2.13. The molecule has 5 heteroatoms. The summed E-state index contributed by atoms with van der Waals surface area (Å²) >= 11 is 0. The first-order valence-electron chi connectivity index (χ1n) is 8.72. The van der Waals surface area contributed by atoms with Gasteiger partial charge in [0.2, 0.25) is 0 Å². The minimum Gasteiger partial charge on any atom is -0.407 e. The van der Waals surface area contributed by atoms with Gasteiger partial charge in [0, 0.05) is 17.8 Å². The lowest BCUT2D eigenvalue weighted by molar-refractivity contribution is -0.202. The van der Waals surface area contributed by atoms with Crippen LogP contribution in [0.15, 0.2) is 18.2 Å². The van der Waals surface area contributed by atoms with E-state index in [0.29, 0.717) is 0 Å². The van der Waals surface area contributed by atoms with E-state index in [0.717, 1.165) is 19.4 Å². The second-order valence-electron chi connectivity index (χ2n) is 9.10. The molecule has 23 heavy (non-hydrogen) atoms. The van der Waals surface area contributed by atoms with Crippen molar-refractivity contribution in [3.05, 3.63) is 29.3 Å². The quantitative estimate of drug-likeness (QED) is 0.788. The van der Waals surface area contributed by atoms with Crippen LogP contribution >= 0.6 is 0 Å². The highest BCUT2D eigenvalue weighted by atomic mass is 28.4. The lowest BCUT2D eigenvalue weighted by Gasteiger charge is -2.64. The number of hydrogen-bond donors (Lipinski definition) is 1. The summed E-state index contributed by atoms with van der Waals surface area (Å²) in [6.07, 6.45) is 2.15. The predicted octanol–water partition coefficient (Wildman–Crippen LogP) is 4.85. The molecule has 1 saturated carbocycles. The lowest BCUT2D eigenvalue weighted by atomic mass is 9.59. The molecule has 1 fully saturated rings. The van der Waals surface area contributed by atoms with Crippen LogP contribution in [0.1, 0.15) is 24.0 Å². The van der Waals surface area contributed by atoms with Gasteiger partial charge in [-0.3, -0.25) is 0 Å². The van der Waals surface area contributed by atoms with Gasteiger partial charge in [-0.25, -0.2) is 0 Å². The highest BCUT2D eigenvalue weighted by molar-refractivity contribution is 6.70. The molecule has 1 aromatic rings. The molecule has 0 spiro atoms. The van der Waals surface area contributed by atoms with Crippen molar-refractivity contribution >= 4 is 22.3 Å². The van der Waals surface area contributed by atoms with Crippen LogP contribution in [0, 0.1) is 6.92 Å². The van der Waals surface area contributed by atoms with E-state index in [-0.39, 0.29) is 11.2 Å². The largest absolute Gasteiger partial charge is 0.407 e. The summed E-state index contributed by atoms with van der Waals surface area (Å²) in [5.74, 6) is 0. The normalized spacial score (nSPS) is 30.0. The number of nitrogens with one attached hydrogen (secondary N) is 1. The van der Waals surface area contributed by atoms with Crippen molar-refractivity contribution in [2.45, 2.75) is 70.2 Å². The Morgan fingerprint density at radius 2 is 1.61 bits per heavy atom. The zero-order valence-electron chi connectivity index (χ0n) is 15.7. The Morgan fingerprint density at radius 1 is 0.957 bits per heavy atom. The van der Waals surface area contributed by atoms with Crippen LogP contribution in [0.4, 0.5) is 5.69 Å². The third kappa shape index (κ3) is 2.82. The van der Waals surface area contributed by atoms with E-state index in [1.807, 2.05) is 0 Å². The first-order chi connectivity index (χ1) is 10.5. The van der Waals surface area contributed by atoms with E-state index in [2.05, 4.69) is 69.7 Å². The molecule has 0 bridgehead atoms. The van der Waals surface area contributed by atoms with Crippen molar-refractivity contribution in [2.75, 3.05) is 11.9 Å². The fourth-order valence-electron chi connectivity index (χ4n) is 4.19. The van der Waals surface area contributed by atoms with Gasteiger partial charge in [0.25, 0.3) is 0 Å². The predicted molar refractivity (Wildman–Crippen MR) is 102 cm³/mol. The third-order valence-electron chi connectivity index (χ3n) is 4.86. The molecular weight excluding hydrogens is 318 g/mol. The van der Waals surface area contributed by atoms with Crippen LogP contribution in [-0.4, -0.2) is 28.8 Å². The molecule has 1 aliphatic carbocycles. The average Bonchev–Trinajstić information content (AvgIpc) is 2.37. The van der Waals surface area contributed by atoms with Gasteiger partial charge in [0.05, 0.1) is 0 Å².